The van der Waals surface area contributed by atoms with Gasteiger partial charge in [0.1, 0.15) is 5.82 Å². The zero-order chi connectivity index (χ0) is 10.6. The molecule has 1 aromatic carbocycles. The fourth-order valence-electron chi connectivity index (χ4n) is 1.76. The molecule has 0 bridgehead atoms. The molecular formula is C12H18FN. The highest BCUT2D eigenvalue weighted by atomic mass is 19.1. The van der Waals surface area contributed by atoms with Crippen LogP contribution in [-0.2, 0) is 6.42 Å². The molecule has 0 radical (unpaired) electrons. The first-order valence-corrected chi connectivity index (χ1v) is 5.23. The summed E-state index contributed by atoms with van der Waals surface area (Å²) in [7, 11) is 0. The average molecular weight is 195 g/mol. The molecule has 0 aromatic heterocycles. The lowest BCUT2D eigenvalue weighted by molar-refractivity contribution is 0.587. The van der Waals surface area contributed by atoms with Crippen molar-refractivity contribution in [2.45, 2.75) is 39.2 Å². The molecule has 1 atom stereocenters. The quantitative estimate of drug-likeness (QED) is 0.784. The van der Waals surface area contributed by atoms with Crippen LogP contribution in [0.5, 0.6) is 0 Å². The van der Waals surface area contributed by atoms with Crippen LogP contribution in [0.2, 0.25) is 0 Å². The van der Waals surface area contributed by atoms with Gasteiger partial charge >= 0.3 is 0 Å². The van der Waals surface area contributed by atoms with E-state index in [1.807, 2.05) is 13.0 Å². The van der Waals surface area contributed by atoms with E-state index >= 15 is 0 Å². The van der Waals surface area contributed by atoms with Crippen LogP contribution in [0.25, 0.3) is 0 Å². The zero-order valence-electron chi connectivity index (χ0n) is 8.89. The third-order valence-corrected chi connectivity index (χ3v) is 2.51. The second-order valence-electron chi connectivity index (χ2n) is 3.56. The fraction of sp³-hybridized carbons (Fsp3) is 0.500. The first-order chi connectivity index (χ1) is 6.70. The lowest BCUT2D eigenvalue weighted by atomic mass is 9.96. The predicted molar refractivity (Wildman–Crippen MR) is 57.6 cm³/mol. The summed E-state index contributed by atoms with van der Waals surface area (Å²) in [6, 6.07) is 5.15. The molecule has 2 heteroatoms. The summed E-state index contributed by atoms with van der Waals surface area (Å²) >= 11 is 0. The Kier molecular flexibility index (Phi) is 4.08. The molecule has 0 spiro atoms. The second-order valence-corrected chi connectivity index (χ2v) is 3.56. The SMILES string of the molecule is CCC[C@H](N)c1cccc(F)c1CC. The van der Waals surface area contributed by atoms with Crippen LogP contribution in [0.4, 0.5) is 4.39 Å². The maximum absolute atomic E-state index is 13.4. The Balaban J connectivity index is 3.00. The minimum Gasteiger partial charge on any atom is -0.324 e. The molecule has 0 saturated carbocycles. The Morgan fingerprint density at radius 1 is 1.36 bits per heavy atom. The number of hydrogen-bond acceptors (Lipinski definition) is 1. The van der Waals surface area contributed by atoms with Gasteiger partial charge in [-0.1, -0.05) is 32.4 Å². The molecule has 78 valence electrons. The minimum atomic E-state index is -0.128. The van der Waals surface area contributed by atoms with Crippen molar-refractivity contribution >= 4 is 0 Å². The third-order valence-electron chi connectivity index (χ3n) is 2.51. The molecule has 1 aromatic rings. The molecule has 0 aliphatic carbocycles. The molecule has 0 aliphatic heterocycles. The standard InChI is InChI=1S/C12H18FN/c1-3-6-12(14)10-7-5-8-11(13)9(10)4-2/h5,7-8,12H,3-4,6,14H2,1-2H3/t12-/m0/s1. The van der Waals surface area contributed by atoms with Crippen molar-refractivity contribution in [3.05, 3.63) is 35.1 Å². The third kappa shape index (κ3) is 2.32. The van der Waals surface area contributed by atoms with Gasteiger partial charge in [0, 0.05) is 6.04 Å². The molecule has 0 heterocycles. The van der Waals surface area contributed by atoms with Crippen molar-refractivity contribution in [3.63, 3.8) is 0 Å². The van der Waals surface area contributed by atoms with Gasteiger partial charge in [0.2, 0.25) is 0 Å². The van der Waals surface area contributed by atoms with E-state index in [-0.39, 0.29) is 11.9 Å². The summed E-state index contributed by atoms with van der Waals surface area (Å²) < 4.78 is 13.4. The maximum atomic E-state index is 13.4. The van der Waals surface area contributed by atoms with Gasteiger partial charge in [-0.2, -0.15) is 0 Å². The number of rotatable bonds is 4. The highest BCUT2D eigenvalue weighted by Gasteiger charge is 2.11. The Bertz CT molecular complexity index is 296. The molecule has 0 unspecified atom stereocenters. The molecule has 0 amide bonds. The van der Waals surface area contributed by atoms with Gasteiger partial charge in [-0.15, -0.1) is 0 Å². The van der Waals surface area contributed by atoms with E-state index in [4.69, 9.17) is 5.73 Å². The highest BCUT2D eigenvalue weighted by Crippen LogP contribution is 2.22. The van der Waals surface area contributed by atoms with E-state index in [0.29, 0.717) is 6.42 Å². The van der Waals surface area contributed by atoms with Gasteiger partial charge in [-0.3, -0.25) is 0 Å². The van der Waals surface area contributed by atoms with Crippen LogP contribution < -0.4 is 5.73 Å². The van der Waals surface area contributed by atoms with Crippen LogP contribution >= 0.6 is 0 Å². The topological polar surface area (TPSA) is 26.0 Å². The summed E-state index contributed by atoms with van der Waals surface area (Å²) in [6.07, 6.45) is 2.65. The Morgan fingerprint density at radius 2 is 2.07 bits per heavy atom. The molecule has 0 aliphatic rings. The lowest BCUT2D eigenvalue weighted by Gasteiger charge is -2.15. The van der Waals surface area contributed by atoms with Gasteiger partial charge in [0.15, 0.2) is 0 Å². The van der Waals surface area contributed by atoms with Crippen LogP contribution in [0.1, 0.15) is 43.9 Å². The maximum Gasteiger partial charge on any atom is 0.126 e. The average Bonchev–Trinajstić information content (AvgIpc) is 2.17. The van der Waals surface area contributed by atoms with E-state index in [1.165, 1.54) is 6.07 Å². The summed E-state index contributed by atoms with van der Waals surface area (Å²) in [5.74, 6) is -0.128. The van der Waals surface area contributed by atoms with Crippen molar-refractivity contribution in [1.29, 1.82) is 0 Å². The smallest absolute Gasteiger partial charge is 0.126 e. The first-order valence-electron chi connectivity index (χ1n) is 5.23. The summed E-state index contributed by atoms with van der Waals surface area (Å²) in [6.45, 7) is 4.05. The summed E-state index contributed by atoms with van der Waals surface area (Å²) in [5, 5.41) is 0. The van der Waals surface area contributed by atoms with Crippen LogP contribution in [0, 0.1) is 5.82 Å². The highest BCUT2D eigenvalue weighted by molar-refractivity contribution is 5.31. The van der Waals surface area contributed by atoms with E-state index in [1.54, 1.807) is 6.07 Å². The summed E-state index contributed by atoms with van der Waals surface area (Å²) in [5.41, 5.74) is 7.72. The van der Waals surface area contributed by atoms with Crippen molar-refractivity contribution < 1.29 is 4.39 Å². The van der Waals surface area contributed by atoms with Crippen LogP contribution in [-0.4, -0.2) is 0 Å². The number of hydrogen-bond donors (Lipinski definition) is 1. The normalized spacial score (nSPS) is 12.9. The Hall–Kier alpha value is -0.890. The molecule has 14 heavy (non-hydrogen) atoms. The van der Waals surface area contributed by atoms with Crippen molar-refractivity contribution in [2.75, 3.05) is 0 Å². The Morgan fingerprint density at radius 3 is 2.64 bits per heavy atom. The molecule has 0 saturated heterocycles. The van der Waals surface area contributed by atoms with Crippen molar-refractivity contribution in [3.8, 4) is 0 Å². The molecule has 1 rings (SSSR count). The molecular weight excluding hydrogens is 177 g/mol. The van der Waals surface area contributed by atoms with Crippen LogP contribution in [0.3, 0.4) is 0 Å². The van der Waals surface area contributed by atoms with Crippen molar-refractivity contribution in [2.24, 2.45) is 5.73 Å². The van der Waals surface area contributed by atoms with E-state index < -0.39 is 0 Å². The first kappa shape index (κ1) is 11.2. The van der Waals surface area contributed by atoms with Crippen LogP contribution in [0.15, 0.2) is 18.2 Å². The van der Waals surface area contributed by atoms with Gasteiger partial charge in [-0.25, -0.2) is 4.39 Å². The monoisotopic (exact) mass is 195 g/mol. The summed E-state index contributed by atoms with van der Waals surface area (Å²) in [4.78, 5) is 0. The predicted octanol–water partition coefficient (Wildman–Crippen LogP) is 3.19. The van der Waals surface area contributed by atoms with E-state index in [0.717, 1.165) is 24.0 Å². The molecule has 2 N–H and O–H groups in total. The number of benzene rings is 1. The second kappa shape index (κ2) is 5.11. The Labute approximate surface area is 85.1 Å². The number of nitrogens with two attached hydrogens (primary N) is 1. The minimum absolute atomic E-state index is 0.0225. The van der Waals surface area contributed by atoms with Gasteiger partial charge in [0.25, 0.3) is 0 Å². The fourth-order valence-corrected chi connectivity index (χ4v) is 1.76. The van der Waals surface area contributed by atoms with Gasteiger partial charge in [-0.05, 0) is 30.0 Å². The van der Waals surface area contributed by atoms with Gasteiger partial charge < -0.3 is 5.73 Å². The van der Waals surface area contributed by atoms with Crippen molar-refractivity contribution in [1.82, 2.24) is 0 Å². The molecule has 0 fully saturated rings. The zero-order valence-corrected chi connectivity index (χ0v) is 8.89. The van der Waals surface area contributed by atoms with E-state index in [9.17, 15) is 4.39 Å². The molecule has 1 nitrogen and oxygen atoms in total. The number of halogens is 1. The van der Waals surface area contributed by atoms with E-state index in [2.05, 4.69) is 6.92 Å². The van der Waals surface area contributed by atoms with Gasteiger partial charge in [0.05, 0.1) is 0 Å². The lowest BCUT2D eigenvalue weighted by Crippen LogP contribution is -2.13. The largest absolute Gasteiger partial charge is 0.324 e.